The van der Waals surface area contributed by atoms with Gasteiger partial charge in [-0.3, -0.25) is 10.1 Å². The molecule has 1 saturated heterocycles. The predicted molar refractivity (Wildman–Crippen MR) is 71.1 cm³/mol. The first kappa shape index (κ1) is 13.2. The number of nitrogens with one attached hydrogen (secondary N) is 2. The maximum absolute atomic E-state index is 13.3. The molecule has 1 atom stereocenters. The van der Waals surface area contributed by atoms with E-state index in [0.717, 1.165) is 0 Å². The molecular formula is C12H10BrFN4O2. The van der Waals surface area contributed by atoms with Crippen molar-refractivity contribution >= 4 is 21.8 Å². The number of nitrogens with zero attached hydrogens (tertiary/aromatic N) is 2. The molecule has 8 heteroatoms. The number of benzene rings is 1. The van der Waals surface area contributed by atoms with Crippen molar-refractivity contribution < 1.29 is 13.7 Å². The van der Waals surface area contributed by atoms with Crippen LogP contribution in [-0.4, -0.2) is 29.1 Å². The van der Waals surface area contributed by atoms with E-state index in [1.54, 1.807) is 6.07 Å². The third-order valence-electron chi connectivity index (χ3n) is 2.87. The number of carbonyl (C=O) groups excluding carboxylic acids is 1. The van der Waals surface area contributed by atoms with Gasteiger partial charge in [-0.15, -0.1) is 0 Å². The largest absolute Gasteiger partial charge is 0.353 e. The standard InChI is InChI=1S/C12H10BrFN4O2/c13-7-1-6(2-8(14)3-7)11-17-12(20-18-11)9-4-16-10(19)5-15-9/h1-3,9,15H,4-5H2,(H,16,19). The van der Waals surface area contributed by atoms with Crippen LogP contribution in [-0.2, 0) is 4.79 Å². The number of aromatic nitrogens is 2. The van der Waals surface area contributed by atoms with Crippen LogP contribution in [0.25, 0.3) is 11.4 Å². The second-order valence-electron chi connectivity index (χ2n) is 4.35. The van der Waals surface area contributed by atoms with Crippen molar-refractivity contribution in [2.24, 2.45) is 0 Å². The molecule has 1 fully saturated rings. The zero-order valence-corrected chi connectivity index (χ0v) is 11.8. The molecule has 1 amide bonds. The smallest absolute Gasteiger partial charge is 0.245 e. The zero-order valence-electron chi connectivity index (χ0n) is 10.2. The molecule has 2 aromatic rings. The third-order valence-corrected chi connectivity index (χ3v) is 3.33. The summed E-state index contributed by atoms with van der Waals surface area (Å²) in [6, 6.07) is 4.15. The quantitative estimate of drug-likeness (QED) is 0.863. The molecule has 1 unspecified atom stereocenters. The minimum Gasteiger partial charge on any atom is -0.353 e. The lowest BCUT2D eigenvalue weighted by atomic mass is 10.2. The molecule has 20 heavy (non-hydrogen) atoms. The molecule has 0 spiro atoms. The van der Waals surface area contributed by atoms with E-state index >= 15 is 0 Å². The summed E-state index contributed by atoms with van der Waals surface area (Å²) in [5, 5.41) is 9.52. The lowest BCUT2D eigenvalue weighted by Gasteiger charge is -2.20. The van der Waals surface area contributed by atoms with Crippen LogP contribution in [0.15, 0.2) is 27.2 Å². The Morgan fingerprint density at radius 2 is 2.25 bits per heavy atom. The molecule has 2 heterocycles. The topological polar surface area (TPSA) is 80.1 Å². The predicted octanol–water partition coefficient (Wildman–Crippen LogP) is 1.40. The van der Waals surface area contributed by atoms with E-state index in [1.165, 1.54) is 12.1 Å². The summed E-state index contributed by atoms with van der Waals surface area (Å²) in [7, 11) is 0. The molecular weight excluding hydrogens is 331 g/mol. The maximum Gasteiger partial charge on any atom is 0.245 e. The minimum absolute atomic E-state index is 0.0740. The first-order valence-electron chi connectivity index (χ1n) is 5.92. The van der Waals surface area contributed by atoms with Gasteiger partial charge >= 0.3 is 0 Å². The summed E-state index contributed by atoms with van der Waals surface area (Å²) >= 11 is 3.21. The Bertz CT molecular complexity index is 630. The van der Waals surface area contributed by atoms with E-state index in [2.05, 4.69) is 36.7 Å². The maximum atomic E-state index is 13.3. The summed E-state index contributed by atoms with van der Waals surface area (Å²) in [5.74, 6) is 0.207. The molecule has 3 rings (SSSR count). The fourth-order valence-electron chi connectivity index (χ4n) is 1.92. The molecule has 0 aliphatic carbocycles. The van der Waals surface area contributed by atoms with Gasteiger partial charge in [0.25, 0.3) is 0 Å². The van der Waals surface area contributed by atoms with Crippen molar-refractivity contribution in [1.29, 1.82) is 0 Å². The normalized spacial score (nSPS) is 18.9. The molecule has 1 aromatic carbocycles. The third kappa shape index (κ3) is 2.70. The average Bonchev–Trinajstić information content (AvgIpc) is 2.88. The second kappa shape index (κ2) is 5.29. The summed E-state index contributed by atoms with van der Waals surface area (Å²) < 4.78 is 19.1. The van der Waals surface area contributed by atoms with Gasteiger partial charge in [0.2, 0.25) is 17.6 Å². The first-order valence-corrected chi connectivity index (χ1v) is 6.71. The monoisotopic (exact) mass is 340 g/mol. The van der Waals surface area contributed by atoms with Crippen molar-refractivity contribution in [1.82, 2.24) is 20.8 Å². The summed E-state index contributed by atoms with van der Waals surface area (Å²) in [4.78, 5) is 15.3. The van der Waals surface area contributed by atoms with Crippen LogP contribution in [0.5, 0.6) is 0 Å². The summed E-state index contributed by atoms with van der Waals surface area (Å²) in [6.07, 6.45) is 0. The van der Waals surface area contributed by atoms with E-state index in [4.69, 9.17) is 4.52 Å². The van der Waals surface area contributed by atoms with Gasteiger partial charge < -0.3 is 9.84 Å². The number of piperazine rings is 1. The van der Waals surface area contributed by atoms with E-state index in [1.807, 2.05) is 0 Å². The van der Waals surface area contributed by atoms with Crippen LogP contribution in [0.3, 0.4) is 0 Å². The number of hydrogen-bond donors (Lipinski definition) is 2. The number of amides is 1. The minimum atomic E-state index is -0.385. The van der Waals surface area contributed by atoms with E-state index in [-0.39, 0.29) is 24.3 Å². The zero-order chi connectivity index (χ0) is 14.1. The number of rotatable bonds is 2. The van der Waals surface area contributed by atoms with Crippen molar-refractivity contribution in [3.05, 3.63) is 34.4 Å². The molecule has 2 N–H and O–H groups in total. The van der Waals surface area contributed by atoms with Crippen molar-refractivity contribution in [3.63, 3.8) is 0 Å². The molecule has 1 aromatic heterocycles. The highest BCUT2D eigenvalue weighted by atomic mass is 79.9. The number of halogens is 2. The Kier molecular flexibility index (Phi) is 3.49. The lowest BCUT2D eigenvalue weighted by molar-refractivity contribution is -0.121. The summed E-state index contributed by atoms with van der Waals surface area (Å²) in [5.41, 5.74) is 0.520. The highest BCUT2D eigenvalue weighted by Crippen LogP contribution is 2.23. The van der Waals surface area contributed by atoms with Crippen LogP contribution in [0.4, 0.5) is 4.39 Å². The second-order valence-corrected chi connectivity index (χ2v) is 5.27. The fourth-order valence-corrected chi connectivity index (χ4v) is 2.38. The van der Waals surface area contributed by atoms with Crippen LogP contribution < -0.4 is 10.6 Å². The molecule has 0 saturated carbocycles. The first-order chi connectivity index (χ1) is 9.61. The molecule has 6 nitrogen and oxygen atoms in total. The van der Waals surface area contributed by atoms with Crippen LogP contribution in [0, 0.1) is 5.82 Å². The highest BCUT2D eigenvalue weighted by molar-refractivity contribution is 9.10. The van der Waals surface area contributed by atoms with Crippen molar-refractivity contribution in [2.75, 3.05) is 13.1 Å². The Labute approximate surface area is 121 Å². The van der Waals surface area contributed by atoms with Crippen LogP contribution in [0.1, 0.15) is 11.9 Å². The molecule has 1 aliphatic rings. The lowest BCUT2D eigenvalue weighted by Crippen LogP contribution is -2.47. The van der Waals surface area contributed by atoms with Gasteiger partial charge in [0.15, 0.2) is 0 Å². The SMILES string of the molecule is O=C1CNC(c2nc(-c3cc(F)cc(Br)c3)no2)CN1. The van der Waals surface area contributed by atoms with Gasteiger partial charge in [-0.2, -0.15) is 4.98 Å². The average molecular weight is 341 g/mol. The van der Waals surface area contributed by atoms with E-state index < -0.39 is 0 Å². The summed E-state index contributed by atoms with van der Waals surface area (Å²) in [6.45, 7) is 0.585. The Hall–Kier alpha value is -1.80. The van der Waals surface area contributed by atoms with E-state index in [9.17, 15) is 9.18 Å². The van der Waals surface area contributed by atoms with Crippen LogP contribution in [0.2, 0.25) is 0 Å². The van der Waals surface area contributed by atoms with E-state index in [0.29, 0.717) is 28.3 Å². The van der Waals surface area contributed by atoms with Gasteiger partial charge in [-0.1, -0.05) is 21.1 Å². The van der Waals surface area contributed by atoms with Gasteiger partial charge in [0.1, 0.15) is 11.9 Å². The van der Waals surface area contributed by atoms with Crippen molar-refractivity contribution in [2.45, 2.75) is 6.04 Å². The fraction of sp³-hybridized carbons (Fsp3) is 0.250. The number of hydrogen-bond acceptors (Lipinski definition) is 5. The molecule has 0 bridgehead atoms. The molecule has 1 aliphatic heterocycles. The van der Waals surface area contributed by atoms with Gasteiger partial charge in [0.05, 0.1) is 6.54 Å². The van der Waals surface area contributed by atoms with Gasteiger partial charge in [-0.05, 0) is 18.2 Å². The highest BCUT2D eigenvalue weighted by Gasteiger charge is 2.24. The molecule has 104 valence electrons. The number of carbonyl (C=O) groups is 1. The molecule has 0 radical (unpaired) electrons. The Morgan fingerprint density at radius 1 is 1.40 bits per heavy atom. The van der Waals surface area contributed by atoms with Crippen LogP contribution >= 0.6 is 15.9 Å². The van der Waals surface area contributed by atoms with Gasteiger partial charge in [-0.25, -0.2) is 4.39 Å². The van der Waals surface area contributed by atoms with Gasteiger partial charge in [0, 0.05) is 16.6 Å². The Balaban J connectivity index is 1.84. The Morgan fingerprint density at radius 3 is 2.95 bits per heavy atom. The van der Waals surface area contributed by atoms with Crippen molar-refractivity contribution in [3.8, 4) is 11.4 Å².